The van der Waals surface area contributed by atoms with Crippen molar-refractivity contribution in [2.75, 3.05) is 0 Å². The van der Waals surface area contributed by atoms with Gasteiger partial charge in [0.05, 0.1) is 18.3 Å². The molecular formula is C13H13N3O3. The van der Waals surface area contributed by atoms with Crippen molar-refractivity contribution in [2.24, 2.45) is 0 Å². The Bertz CT molecular complexity index is 622. The van der Waals surface area contributed by atoms with Crippen LogP contribution in [0.5, 0.6) is 0 Å². The molecular weight excluding hydrogens is 246 g/mol. The zero-order valence-corrected chi connectivity index (χ0v) is 10.2. The number of pyridine rings is 1. The van der Waals surface area contributed by atoms with Crippen molar-refractivity contribution in [3.63, 3.8) is 0 Å². The van der Waals surface area contributed by atoms with Crippen molar-refractivity contribution < 1.29 is 15.0 Å². The van der Waals surface area contributed by atoms with Gasteiger partial charge in [0.25, 0.3) is 0 Å². The van der Waals surface area contributed by atoms with Gasteiger partial charge in [-0.3, -0.25) is 4.98 Å². The predicted molar refractivity (Wildman–Crippen MR) is 66.7 cm³/mol. The number of carboxylic acids is 1. The topological polar surface area (TPSA) is 88.2 Å². The van der Waals surface area contributed by atoms with Crippen LogP contribution in [0.3, 0.4) is 0 Å². The highest BCUT2D eigenvalue weighted by molar-refractivity contribution is 5.88. The highest BCUT2D eigenvalue weighted by atomic mass is 16.4. The van der Waals surface area contributed by atoms with Crippen molar-refractivity contribution in [2.45, 2.75) is 25.5 Å². The fourth-order valence-electron chi connectivity index (χ4n) is 2.43. The molecule has 6 heteroatoms. The summed E-state index contributed by atoms with van der Waals surface area (Å²) in [5.74, 6) is -0.450. The molecule has 0 saturated heterocycles. The van der Waals surface area contributed by atoms with Gasteiger partial charge in [-0.05, 0) is 25.0 Å². The highest BCUT2D eigenvalue weighted by Gasteiger charge is 2.27. The Labute approximate surface area is 109 Å². The molecule has 3 heterocycles. The lowest BCUT2D eigenvalue weighted by atomic mass is 10.1. The Hall–Kier alpha value is -2.21. The molecule has 2 aromatic heterocycles. The normalized spacial score (nSPS) is 18.1. The van der Waals surface area contributed by atoms with E-state index >= 15 is 0 Å². The fraction of sp³-hybridized carbons (Fsp3) is 0.308. The molecule has 0 bridgehead atoms. The van der Waals surface area contributed by atoms with Crippen LogP contribution < -0.4 is 0 Å². The van der Waals surface area contributed by atoms with E-state index in [4.69, 9.17) is 0 Å². The van der Waals surface area contributed by atoms with Gasteiger partial charge in [0.1, 0.15) is 5.82 Å². The summed E-state index contributed by atoms with van der Waals surface area (Å²) in [4.78, 5) is 19.4. The van der Waals surface area contributed by atoms with Crippen LogP contribution in [0.4, 0.5) is 0 Å². The molecule has 0 fully saturated rings. The second-order valence-electron chi connectivity index (χ2n) is 4.57. The first-order valence-electron chi connectivity index (χ1n) is 6.08. The summed E-state index contributed by atoms with van der Waals surface area (Å²) >= 11 is 0. The van der Waals surface area contributed by atoms with E-state index in [-0.39, 0.29) is 5.69 Å². The first-order valence-corrected chi connectivity index (χ1v) is 6.08. The van der Waals surface area contributed by atoms with Gasteiger partial charge in [0.15, 0.2) is 5.69 Å². The number of rotatable bonds is 2. The molecule has 0 radical (unpaired) electrons. The molecule has 3 rings (SSSR count). The summed E-state index contributed by atoms with van der Waals surface area (Å²) < 4.78 is 1.80. The summed E-state index contributed by atoms with van der Waals surface area (Å²) in [6, 6.07) is 3.56. The van der Waals surface area contributed by atoms with E-state index in [9.17, 15) is 15.0 Å². The number of fused-ring (bicyclic) bond motifs is 1. The zero-order chi connectivity index (χ0) is 13.4. The number of aromatic carboxylic acids is 1. The van der Waals surface area contributed by atoms with Crippen LogP contribution in [0, 0.1) is 0 Å². The van der Waals surface area contributed by atoms with Gasteiger partial charge in [-0.15, -0.1) is 0 Å². The van der Waals surface area contributed by atoms with Crippen molar-refractivity contribution >= 4 is 5.97 Å². The Kier molecular flexibility index (Phi) is 2.79. The lowest BCUT2D eigenvalue weighted by Gasteiger charge is -2.21. The van der Waals surface area contributed by atoms with Crippen LogP contribution in [0.15, 0.2) is 24.5 Å². The lowest BCUT2D eigenvalue weighted by molar-refractivity contribution is 0.0686. The molecule has 0 aromatic carbocycles. The lowest BCUT2D eigenvalue weighted by Crippen LogP contribution is -2.25. The van der Waals surface area contributed by atoms with E-state index in [1.807, 2.05) is 0 Å². The van der Waals surface area contributed by atoms with Crippen LogP contribution in [-0.4, -0.2) is 36.8 Å². The minimum absolute atomic E-state index is 0.0821. The number of aromatic nitrogens is 3. The quantitative estimate of drug-likeness (QED) is 0.838. The fourth-order valence-corrected chi connectivity index (χ4v) is 2.43. The number of carboxylic acid groups (broad SMARTS) is 1. The molecule has 2 aromatic rings. The number of hydrogen-bond donors (Lipinski definition) is 2. The van der Waals surface area contributed by atoms with E-state index < -0.39 is 12.1 Å². The van der Waals surface area contributed by atoms with Gasteiger partial charge >= 0.3 is 5.97 Å². The van der Waals surface area contributed by atoms with Gasteiger partial charge in [0, 0.05) is 18.0 Å². The predicted octanol–water partition coefficient (Wildman–Crippen LogP) is 0.950. The molecule has 1 aliphatic heterocycles. The van der Waals surface area contributed by atoms with Gasteiger partial charge in [-0.2, -0.15) is 0 Å². The standard InChI is InChI=1S/C13H13N3O3/c17-9-1-2-10-11(13(18)19)15-12(16(10)7-9)8-3-5-14-6-4-8/h3-6,9,17H,1-2,7H2,(H,18,19). The third-order valence-corrected chi connectivity index (χ3v) is 3.32. The van der Waals surface area contributed by atoms with Crippen molar-refractivity contribution in [1.29, 1.82) is 0 Å². The second-order valence-corrected chi connectivity index (χ2v) is 4.57. The third-order valence-electron chi connectivity index (χ3n) is 3.32. The molecule has 0 saturated carbocycles. The summed E-state index contributed by atoms with van der Waals surface area (Å²) in [5.41, 5.74) is 1.57. The molecule has 1 unspecified atom stereocenters. The molecule has 2 N–H and O–H groups in total. The summed E-state index contributed by atoms with van der Waals surface area (Å²) in [6.45, 7) is 0.382. The van der Waals surface area contributed by atoms with Crippen molar-refractivity contribution in [1.82, 2.24) is 14.5 Å². The van der Waals surface area contributed by atoms with E-state index in [1.165, 1.54) is 0 Å². The van der Waals surface area contributed by atoms with Gasteiger partial charge in [-0.25, -0.2) is 9.78 Å². The molecule has 6 nitrogen and oxygen atoms in total. The molecule has 98 valence electrons. The molecule has 0 amide bonds. The number of aliphatic hydroxyl groups excluding tert-OH is 1. The second kappa shape index (κ2) is 4.47. The largest absolute Gasteiger partial charge is 0.476 e. The van der Waals surface area contributed by atoms with Crippen molar-refractivity contribution in [3.8, 4) is 11.4 Å². The summed E-state index contributed by atoms with van der Waals surface area (Å²) in [6.07, 6.45) is 3.92. The Morgan fingerprint density at radius 1 is 1.37 bits per heavy atom. The van der Waals surface area contributed by atoms with E-state index in [1.54, 1.807) is 29.1 Å². The SMILES string of the molecule is O=C(O)c1nc(-c2ccncc2)n2c1CCC(O)C2. The first kappa shape index (κ1) is 11.9. The third kappa shape index (κ3) is 2.00. The van der Waals surface area contributed by atoms with Gasteiger partial charge < -0.3 is 14.8 Å². The number of hydrogen-bond acceptors (Lipinski definition) is 4. The van der Waals surface area contributed by atoms with Crippen LogP contribution in [0.25, 0.3) is 11.4 Å². The average molecular weight is 259 g/mol. The van der Waals surface area contributed by atoms with Gasteiger partial charge in [0.2, 0.25) is 0 Å². The van der Waals surface area contributed by atoms with E-state index in [0.717, 1.165) is 5.56 Å². The van der Waals surface area contributed by atoms with E-state index in [2.05, 4.69) is 9.97 Å². The molecule has 1 aliphatic rings. The average Bonchev–Trinajstić information content (AvgIpc) is 2.78. The zero-order valence-electron chi connectivity index (χ0n) is 10.2. The number of aliphatic hydroxyl groups is 1. The molecule has 1 atom stereocenters. The summed E-state index contributed by atoms with van der Waals surface area (Å²) in [5, 5.41) is 19.0. The highest BCUT2D eigenvalue weighted by Crippen LogP contribution is 2.27. The van der Waals surface area contributed by atoms with Gasteiger partial charge in [-0.1, -0.05) is 0 Å². The number of imidazole rings is 1. The van der Waals surface area contributed by atoms with Crippen LogP contribution in [0.2, 0.25) is 0 Å². The van der Waals surface area contributed by atoms with Crippen LogP contribution in [0.1, 0.15) is 22.6 Å². The van der Waals surface area contributed by atoms with Crippen LogP contribution >= 0.6 is 0 Å². The minimum atomic E-state index is -1.03. The monoisotopic (exact) mass is 259 g/mol. The maximum Gasteiger partial charge on any atom is 0.356 e. The maximum absolute atomic E-state index is 11.2. The molecule has 19 heavy (non-hydrogen) atoms. The number of nitrogens with zero attached hydrogens (tertiary/aromatic N) is 3. The Morgan fingerprint density at radius 3 is 2.79 bits per heavy atom. The van der Waals surface area contributed by atoms with Crippen molar-refractivity contribution in [3.05, 3.63) is 35.9 Å². The van der Waals surface area contributed by atoms with Crippen LogP contribution in [-0.2, 0) is 13.0 Å². The molecule has 0 aliphatic carbocycles. The molecule has 0 spiro atoms. The minimum Gasteiger partial charge on any atom is -0.476 e. The first-order chi connectivity index (χ1) is 9.16. The smallest absolute Gasteiger partial charge is 0.356 e. The number of carbonyl (C=O) groups is 1. The Balaban J connectivity index is 2.17. The van der Waals surface area contributed by atoms with E-state index in [0.29, 0.717) is 30.9 Å². The maximum atomic E-state index is 11.2. The Morgan fingerprint density at radius 2 is 2.11 bits per heavy atom. The summed E-state index contributed by atoms with van der Waals surface area (Å²) in [7, 11) is 0.